The Labute approximate surface area is 189 Å². The van der Waals surface area contributed by atoms with Crippen LogP contribution >= 0.6 is 0 Å². The van der Waals surface area contributed by atoms with E-state index in [1.807, 2.05) is 0 Å². The Morgan fingerprint density at radius 3 is 2.13 bits per heavy atom. The van der Waals surface area contributed by atoms with Gasteiger partial charge < -0.3 is 10.2 Å². The van der Waals surface area contributed by atoms with E-state index in [-0.39, 0.29) is 17.6 Å². The number of sulfonamides is 1. The Hall–Kier alpha value is -0.660. The van der Waals surface area contributed by atoms with Crippen molar-refractivity contribution >= 4 is 15.9 Å². The molecule has 0 aromatic rings. The number of rotatable bonds is 10. The summed E-state index contributed by atoms with van der Waals surface area (Å²) in [5.74, 6) is 3.55. The molecule has 4 saturated carbocycles. The average Bonchev–Trinajstić information content (AvgIpc) is 2.76. The van der Waals surface area contributed by atoms with Gasteiger partial charge in [0.05, 0.1) is 5.75 Å². The van der Waals surface area contributed by atoms with Crippen molar-refractivity contribution in [2.24, 2.45) is 29.6 Å². The van der Waals surface area contributed by atoms with Gasteiger partial charge in [-0.2, -0.15) is 0 Å². The van der Waals surface area contributed by atoms with E-state index in [0.29, 0.717) is 50.4 Å². The monoisotopic (exact) mass is 453 g/mol. The van der Waals surface area contributed by atoms with Crippen LogP contribution in [0.15, 0.2) is 0 Å². The Morgan fingerprint density at radius 1 is 0.968 bits per heavy atom. The van der Waals surface area contributed by atoms with E-state index in [1.165, 1.54) is 32.1 Å². The number of unbranched alkanes of at least 4 members (excludes halogenated alkanes) is 1. The summed E-state index contributed by atoms with van der Waals surface area (Å²) >= 11 is 0. The number of hydrogen-bond acceptors (Lipinski definition) is 4. The van der Waals surface area contributed by atoms with Gasteiger partial charge in [0.1, 0.15) is 0 Å². The molecule has 0 atom stereocenters. The molecule has 0 unspecified atom stereocenters. The lowest BCUT2D eigenvalue weighted by Gasteiger charge is -2.54. The van der Waals surface area contributed by atoms with Gasteiger partial charge in [-0.05, 0) is 88.1 Å². The number of nitrogens with zero attached hydrogens (tertiary/aromatic N) is 2. The predicted molar refractivity (Wildman–Crippen MR) is 124 cm³/mol. The molecule has 1 heterocycles. The first-order valence-electron chi connectivity index (χ1n) is 12.9. The normalized spacial score (nSPS) is 33.8. The van der Waals surface area contributed by atoms with Crippen LogP contribution in [0.5, 0.6) is 0 Å². The summed E-state index contributed by atoms with van der Waals surface area (Å²) in [4.78, 5) is 15.2. The molecular formula is C24H43N3O3S. The largest absolute Gasteiger partial charge is 0.353 e. The number of hydrogen-bond donors (Lipinski definition) is 1. The van der Waals surface area contributed by atoms with E-state index in [9.17, 15) is 13.2 Å². The van der Waals surface area contributed by atoms with Gasteiger partial charge in [0.2, 0.25) is 15.9 Å². The molecule has 1 N–H and O–H groups in total. The number of carbonyl (C=O) groups is 1. The Balaban J connectivity index is 1.23. The van der Waals surface area contributed by atoms with Crippen LogP contribution in [0.1, 0.15) is 71.6 Å². The lowest BCUT2D eigenvalue weighted by atomic mass is 9.54. The van der Waals surface area contributed by atoms with Crippen LogP contribution in [0.3, 0.4) is 0 Å². The number of carbonyl (C=O) groups excluding carboxylic acids is 1. The molecule has 178 valence electrons. The highest BCUT2D eigenvalue weighted by Gasteiger charge is 2.49. The summed E-state index contributed by atoms with van der Waals surface area (Å²) in [5.41, 5.74) is 0. The third kappa shape index (κ3) is 5.47. The van der Waals surface area contributed by atoms with Crippen LogP contribution in [-0.2, 0) is 14.8 Å². The minimum absolute atomic E-state index is 0.0275. The lowest BCUT2D eigenvalue weighted by Crippen LogP contribution is -2.57. The van der Waals surface area contributed by atoms with E-state index in [2.05, 4.69) is 24.1 Å². The van der Waals surface area contributed by atoms with Gasteiger partial charge in [-0.25, -0.2) is 12.7 Å². The summed E-state index contributed by atoms with van der Waals surface area (Å²) in [6.07, 6.45) is 10.2. The molecule has 0 spiro atoms. The molecule has 1 amide bonds. The van der Waals surface area contributed by atoms with Crippen LogP contribution < -0.4 is 5.32 Å². The minimum Gasteiger partial charge on any atom is -0.353 e. The highest BCUT2D eigenvalue weighted by molar-refractivity contribution is 7.89. The zero-order valence-electron chi connectivity index (χ0n) is 19.6. The second-order valence-electron chi connectivity index (χ2n) is 10.7. The molecule has 5 rings (SSSR count). The summed E-state index contributed by atoms with van der Waals surface area (Å²) in [5, 5.41) is 3.44. The molecule has 0 aromatic heterocycles. The van der Waals surface area contributed by atoms with Gasteiger partial charge in [-0.3, -0.25) is 4.79 Å². The second kappa shape index (κ2) is 10.1. The van der Waals surface area contributed by atoms with Gasteiger partial charge in [0.25, 0.3) is 0 Å². The van der Waals surface area contributed by atoms with Crippen LogP contribution in [-0.4, -0.2) is 68.0 Å². The van der Waals surface area contributed by atoms with Gasteiger partial charge in [-0.1, -0.05) is 20.3 Å². The van der Waals surface area contributed by atoms with Crippen molar-refractivity contribution in [3.63, 3.8) is 0 Å². The quantitative estimate of drug-likeness (QED) is 0.552. The van der Waals surface area contributed by atoms with Crippen LogP contribution in [0.25, 0.3) is 0 Å². The molecular weight excluding hydrogens is 410 g/mol. The third-order valence-electron chi connectivity index (χ3n) is 8.69. The fourth-order valence-electron chi connectivity index (χ4n) is 7.02. The molecule has 5 aliphatic rings. The Bertz CT molecular complexity index is 690. The van der Waals surface area contributed by atoms with Crippen molar-refractivity contribution in [1.82, 2.24) is 14.5 Å². The predicted octanol–water partition coefficient (Wildman–Crippen LogP) is 3.09. The maximum atomic E-state index is 13.0. The summed E-state index contributed by atoms with van der Waals surface area (Å²) in [6, 6.07) is 0.380. The van der Waals surface area contributed by atoms with E-state index < -0.39 is 10.0 Å². The summed E-state index contributed by atoms with van der Waals surface area (Å²) in [7, 11) is -3.24. The first-order chi connectivity index (χ1) is 14.9. The van der Waals surface area contributed by atoms with Crippen molar-refractivity contribution in [3.8, 4) is 0 Å². The van der Waals surface area contributed by atoms with Gasteiger partial charge in [-0.15, -0.1) is 0 Å². The lowest BCUT2D eigenvalue weighted by molar-refractivity contribution is -0.130. The summed E-state index contributed by atoms with van der Waals surface area (Å²) in [6.45, 7) is 7.69. The molecule has 0 aromatic carbocycles. The number of nitrogens with one attached hydrogen (secondary N) is 1. The van der Waals surface area contributed by atoms with E-state index >= 15 is 0 Å². The van der Waals surface area contributed by atoms with Gasteiger partial charge >= 0.3 is 0 Å². The zero-order valence-corrected chi connectivity index (χ0v) is 20.4. The van der Waals surface area contributed by atoms with Crippen LogP contribution in [0.2, 0.25) is 0 Å². The molecule has 1 saturated heterocycles. The first kappa shape index (κ1) is 23.5. The molecule has 4 bridgehead atoms. The minimum atomic E-state index is -3.24. The number of amides is 1. The molecule has 7 heteroatoms. The van der Waals surface area contributed by atoms with E-state index in [0.717, 1.165) is 37.8 Å². The molecule has 0 radical (unpaired) electrons. The third-order valence-corrected chi connectivity index (χ3v) is 10.5. The van der Waals surface area contributed by atoms with Crippen molar-refractivity contribution in [3.05, 3.63) is 0 Å². The Morgan fingerprint density at radius 2 is 1.58 bits per heavy atom. The molecule has 1 aliphatic heterocycles. The maximum absolute atomic E-state index is 13.0. The SMILES string of the molecule is CCCCN(CC)CCS(=O)(=O)N1CCC(C(=O)NC2C3CC4CC(C3)CC2C4)CC1. The van der Waals surface area contributed by atoms with Crippen LogP contribution in [0.4, 0.5) is 0 Å². The van der Waals surface area contributed by atoms with Gasteiger partial charge in [0.15, 0.2) is 0 Å². The molecule has 6 nitrogen and oxygen atoms in total. The highest BCUT2D eigenvalue weighted by atomic mass is 32.2. The van der Waals surface area contributed by atoms with Crippen molar-refractivity contribution in [2.75, 3.05) is 38.5 Å². The average molecular weight is 454 g/mol. The summed E-state index contributed by atoms with van der Waals surface area (Å²) < 4.78 is 27.3. The second-order valence-corrected chi connectivity index (χ2v) is 12.8. The first-order valence-corrected chi connectivity index (χ1v) is 14.5. The fourth-order valence-corrected chi connectivity index (χ4v) is 8.54. The van der Waals surface area contributed by atoms with Crippen molar-refractivity contribution in [1.29, 1.82) is 0 Å². The maximum Gasteiger partial charge on any atom is 0.223 e. The molecule has 31 heavy (non-hydrogen) atoms. The van der Waals surface area contributed by atoms with Crippen molar-refractivity contribution < 1.29 is 13.2 Å². The van der Waals surface area contributed by atoms with E-state index in [1.54, 1.807) is 4.31 Å². The van der Waals surface area contributed by atoms with E-state index in [4.69, 9.17) is 0 Å². The topological polar surface area (TPSA) is 69.7 Å². The fraction of sp³-hybridized carbons (Fsp3) is 0.958. The smallest absolute Gasteiger partial charge is 0.223 e. The molecule has 5 fully saturated rings. The molecule has 4 aliphatic carbocycles. The highest BCUT2D eigenvalue weighted by Crippen LogP contribution is 2.53. The standard InChI is InChI=1S/C24H43N3O3S/c1-3-5-8-26(4-2)11-12-31(29,30)27-9-6-20(7-10-27)24(28)25-23-21-14-18-13-19(16-21)17-22(23)15-18/h18-23H,3-17H2,1-2H3,(H,25,28). The van der Waals surface area contributed by atoms with Gasteiger partial charge in [0, 0.05) is 31.6 Å². The zero-order chi connectivity index (χ0) is 22.0. The number of piperidine rings is 1. The van der Waals surface area contributed by atoms with Crippen molar-refractivity contribution in [2.45, 2.75) is 77.7 Å². The Kier molecular flexibility index (Phi) is 7.64. The van der Waals surface area contributed by atoms with Crippen LogP contribution in [0, 0.1) is 29.6 Å².